The van der Waals surface area contributed by atoms with Gasteiger partial charge in [-0.15, -0.1) is 0 Å². The molecule has 0 saturated carbocycles. The van der Waals surface area contributed by atoms with Crippen molar-refractivity contribution in [3.63, 3.8) is 0 Å². The first kappa shape index (κ1) is 24.8. The van der Waals surface area contributed by atoms with Gasteiger partial charge in [-0.3, -0.25) is 4.79 Å². The molecule has 8 nitrogen and oxygen atoms in total. The fraction of sp³-hybridized carbons (Fsp3) is 0.250. The second kappa shape index (κ2) is 10.7. The molecule has 1 saturated heterocycles. The molecule has 2 aliphatic rings. The SMILES string of the molecule is COc1nccc(C(C)Nc2ccc3c(c2)Sc2cccc(C4CN(c5cc[nH]c(=O)c5)CCO4)c2S3)n1. The maximum atomic E-state index is 11.8. The maximum Gasteiger partial charge on any atom is 0.316 e. The van der Waals surface area contributed by atoms with E-state index < -0.39 is 0 Å². The highest BCUT2D eigenvalue weighted by molar-refractivity contribution is 8.05. The molecule has 2 aromatic heterocycles. The number of hydrogen-bond acceptors (Lipinski definition) is 9. The molecule has 38 heavy (non-hydrogen) atoms. The van der Waals surface area contributed by atoms with Gasteiger partial charge in [-0.2, -0.15) is 4.98 Å². The number of hydrogen-bond donors (Lipinski definition) is 2. The summed E-state index contributed by atoms with van der Waals surface area (Å²) in [6.45, 7) is 4.15. The smallest absolute Gasteiger partial charge is 0.316 e. The Kier molecular flexibility index (Phi) is 7.01. The first-order valence-electron chi connectivity index (χ1n) is 12.4. The molecule has 0 bridgehead atoms. The number of aromatic amines is 1. The van der Waals surface area contributed by atoms with E-state index in [0.29, 0.717) is 19.2 Å². The van der Waals surface area contributed by atoms with E-state index in [2.05, 4.69) is 68.5 Å². The third-order valence-electron chi connectivity index (χ3n) is 6.59. The average Bonchev–Trinajstić information content (AvgIpc) is 2.96. The summed E-state index contributed by atoms with van der Waals surface area (Å²) in [7, 11) is 1.57. The van der Waals surface area contributed by atoms with Crippen molar-refractivity contribution in [1.29, 1.82) is 0 Å². The maximum absolute atomic E-state index is 11.8. The standard InChI is InChI=1S/C28H27N5O3S2/c1-17(21-9-11-30-28(32-21)35-2)31-18-6-7-23-25(14-18)37-24-5-3-4-20(27(24)38-23)22-16-33(12-13-36-22)19-8-10-29-26(34)15-19/h3-11,14-15,17,22,31H,12-13,16H2,1-2H3,(H,29,34). The minimum absolute atomic E-state index is 0.00308. The van der Waals surface area contributed by atoms with Crippen LogP contribution >= 0.6 is 23.5 Å². The molecule has 2 aliphatic heterocycles. The Labute approximate surface area is 229 Å². The monoisotopic (exact) mass is 545 g/mol. The Balaban J connectivity index is 1.21. The van der Waals surface area contributed by atoms with Gasteiger partial charge in [-0.1, -0.05) is 35.7 Å². The Morgan fingerprint density at radius 1 is 1.13 bits per heavy atom. The van der Waals surface area contributed by atoms with E-state index in [-0.39, 0.29) is 17.7 Å². The summed E-state index contributed by atoms with van der Waals surface area (Å²) in [5.74, 6) is 0. The summed E-state index contributed by atoms with van der Waals surface area (Å²) in [5, 5.41) is 3.55. The molecule has 0 aliphatic carbocycles. The Bertz CT molecular complexity index is 1530. The van der Waals surface area contributed by atoms with E-state index in [1.807, 2.05) is 12.1 Å². The molecule has 2 aromatic carbocycles. The first-order valence-corrected chi connectivity index (χ1v) is 14.0. The van der Waals surface area contributed by atoms with Gasteiger partial charge in [-0.05, 0) is 48.9 Å². The normalized spacial score (nSPS) is 17.3. The number of benzene rings is 2. The van der Waals surface area contributed by atoms with Crippen LogP contribution in [0.5, 0.6) is 6.01 Å². The van der Waals surface area contributed by atoms with Gasteiger partial charge in [0.1, 0.15) is 6.10 Å². The Hall–Kier alpha value is -3.47. The van der Waals surface area contributed by atoms with Gasteiger partial charge < -0.3 is 24.7 Å². The second-order valence-electron chi connectivity index (χ2n) is 9.09. The average molecular weight is 546 g/mol. The van der Waals surface area contributed by atoms with Gasteiger partial charge in [0.2, 0.25) is 5.56 Å². The topological polar surface area (TPSA) is 92.4 Å². The Morgan fingerprint density at radius 2 is 2.05 bits per heavy atom. The molecule has 10 heteroatoms. The predicted octanol–water partition coefficient (Wildman–Crippen LogP) is 5.54. The van der Waals surface area contributed by atoms with Crippen LogP contribution in [0.1, 0.15) is 30.3 Å². The number of ether oxygens (including phenoxy) is 2. The van der Waals surface area contributed by atoms with E-state index in [4.69, 9.17) is 9.47 Å². The lowest BCUT2D eigenvalue weighted by atomic mass is 10.1. The van der Waals surface area contributed by atoms with E-state index in [9.17, 15) is 4.79 Å². The minimum atomic E-state index is -0.0915. The molecule has 0 spiro atoms. The van der Waals surface area contributed by atoms with Gasteiger partial charge in [0.25, 0.3) is 0 Å². The molecule has 2 N–H and O–H groups in total. The number of morpholine rings is 1. The van der Waals surface area contributed by atoms with Crippen molar-refractivity contribution in [2.24, 2.45) is 0 Å². The zero-order chi connectivity index (χ0) is 26.1. The number of fused-ring (bicyclic) bond motifs is 2. The second-order valence-corrected chi connectivity index (χ2v) is 11.2. The molecule has 4 heterocycles. The summed E-state index contributed by atoms with van der Waals surface area (Å²) in [6.07, 6.45) is 3.34. The summed E-state index contributed by atoms with van der Waals surface area (Å²) >= 11 is 3.57. The highest BCUT2D eigenvalue weighted by atomic mass is 32.2. The highest BCUT2D eigenvalue weighted by Gasteiger charge is 2.28. The van der Waals surface area contributed by atoms with Crippen molar-refractivity contribution in [3.05, 3.63) is 88.6 Å². The van der Waals surface area contributed by atoms with Crippen molar-refractivity contribution in [3.8, 4) is 6.01 Å². The van der Waals surface area contributed by atoms with Gasteiger partial charge >= 0.3 is 6.01 Å². The van der Waals surface area contributed by atoms with Gasteiger partial charge in [-0.25, -0.2) is 4.98 Å². The minimum Gasteiger partial charge on any atom is -0.467 e. The number of pyridine rings is 1. The van der Waals surface area contributed by atoms with Crippen LogP contribution in [0.15, 0.2) is 91.4 Å². The van der Waals surface area contributed by atoms with Crippen molar-refractivity contribution in [2.75, 3.05) is 37.0 Å². The number of aromatic nitrogens is 3. The molecule has 0 amide bonds. The van der Waals surface area contributed by atoms with Gasteiger partial charge in [0, 0.05) is 62.5 Å². The first-order chi connectivity index (χ1) is 18.6. The number of nitrogens with one attached hydrogen (secondary N) is 2. The largest absolute Gasteiger partial charge is 0.467 e. The van der Waals surface area contributed by atoms with Crippen molar-refractivity contribution >= 4 is 34.9 Å². The van der Waals surface area contributed by atoms with Crippen molar-refractivity contribution in [1.82, 2.24) is 15.0 Å². The lowest BCUT2D eigenvalue weighted by Gasteiger charge is -2.36. The van der Waals surface area contributed by atoms with Gasteiger partial charge in [0.15, 0.2) is 0 Å². The molecule has 4 aromatic rings. The predicted molar refractivity (Wildman–Crippen MR) is 150 cm³/mol. The van der Waals surface area contributed by atoms with E-state index in [1.165, 1.54) is 25.1 Å². The van der Waals surface area contributed by atoms with Crippen LogP contribution in [0.4, 0.5) is 11.4 Å². The number of anilines is 2. The third kappa shape index (κ3) is 5.11. The van der Waals surface area contributed by atoms with Crippen LogP contribution in [-0.4, -0.2) is 41.8 Å². The van der Waals surface area contributed by atoms with Crippen LogP contribution in [0.2, 0.25) is 0 Å². The number of H-pyrrole nitrogens is 1. The summed E-state index contributed by atoms with van der Waals surface area (Å²) in [6, 6.07) is 18.8. The van der Waals surface area contributed by atoms with E-state index in [1.54, 1.807) is 49.1 Å². The Morgan fingerprint density at radius 3 is 2.92 bits per heavy atom. The van der Waals surface area contributed by atoms with Crippen LogP contribution in [-0.2, 0) is 4.74 Å². The molecular weight excluding hydrogens is 518 g/mol. The lowest BCUT2D eigenvalue weighted by molar-refractivity contribution is 0.0379. The summed E-state index contributed by atoms with van der Waals surface area (Å²) in [5.41, 5.74) is 3.92. The van der Waals surface area contributed by atoms with E-state index >= 15 is 0 Å². The zero-order valence-corrected chi connectivity index (χ0v) is 22.6. The van der Waals surface area contributed by atoms with Crippen LogP contribution < -0.4 is 20.5 Å². The number of nitrogens with zero attached hydrogens (tertiary/aromatic N) is 3. The molecule has 2 atom stereocenters. The summed E-state index contributed by atoms with van der Waals surface area (Å²) in [4.78, 5) is 30.2. The van der Waals surface area contributed by atoms with Crippen molar-refractivity contribution < 1.29 is 9.47 Å². The summed E-state index contributed by atoms with van der Waals surface area (Å²) < 4.78 is 11.4. The van der Waals surface area contributed by atoms with Crippen LogP contribution in [0, 0.1) is 0 Å². The molecule has 1 fully saturated rings. The lowest BCUT2D eigenvalue weighted by Crippen LogP contribution is -2.39. The van der Waals surface area contributed by atoms with E-state index in [0.717, 1.165) is 23.6 Å². The molecular formula is C28H27N5O3S2. The molecule has 2 unspecified atom stereocenters. The quantitative estimate of drug-likeness (QED) is 0.285. The fourth-order valence-corrected chi connectivity index (χ4v) is 7.14. The zero-order valence-electron chi connectivity index (χ0n) is 21.0. The third-order valence-corrected chi connectivity index (χ3v) is 9.20. The number of rotatable bonds is 6. The fourth-order valence-electron chi connectivity index (χ4n) is 4.69. The number of methoxy groups -OCH3 is 1. The van der Waals surface area contributed by atoms with Gasteiger partial charge in [0.05, 0.1) is 25.5 Å². The molecule has 6 rings (SSSR count). The van der Waals surface area contributed by atoms with Crippen molar-refractivity contribution in [2.45, 2.75) is 38.7 Å². The molecule has 0 radical (unpaired) electrons. The molecule has 194 valence electrons. The van der Waals surface area contributed by atoms with Crippen LogP contribution in [0.25, 0.3) is 0 Å². The van der Waals surface area contributed by atoms with Crippen LogP contribution in [0.3, 0.4) is 0 Å². The highest BCUT2D eigenvalue weighted by Crippen LogP contribution is 2.52.